The lowest BCUT2D eigenvalue weighted by molar-refractivity contribution is 0.0528. The molecule has 0 spiro atoms. The number of hydrogen-bond donors (Lipinski definition) is 0. The van der Waals surface area contributed by atoms with E-state index in [1.807, 2.05) is 0 Å². The summed E-state index contributed by atoms with van der Waals surface area (Å²) < 4.78 is 30.9. The second-order valence-corrected chi connectivity index (χ2v) is 4.59. The molecule has 0 amide bonds. The Bertz CT molecular complexity index is 637. The van der Waals surface area contributed by atoms with Crippen molar-refractivity contribution in [2.75, 3.05) is 12.5 Å². The summed E-state index contributed by atoms with van der Waals surface area (Å²) in [4.78, 5) is 11.9. The van der Waals surface area contributed by atoms with Gasteiger partial charge in [0, 0.05) is 11.1 Å². The van der Waals surface area contributed by atoms with Gasteiger partial charge in [-0.15, -0.1) is 0 Å². The van der Waals surface area contributed by atoms with Gasteiger partial charge in [-0.2, -0.15) is 10.2 Å². The van der Waals surface area contributed by atoms with Crippen LogP contribution < -0.4 is 0 Å². The van der Waals surface area contributed by atoms with Crippen LogP contribution in [0.4, 0.5) is 5.69 Å². The molecule has 1 unspecified atom stereocenters. The molecule has 1 heterocycles. The second-order valence-electron chi connectivity index (χ2n) is 3.73. The van der Waals surface area contributed by atoms with Crippen LogP contribution in [0.3, 0.4) is 0 Å². The van der Waals surface area contributed by atoms with E-state index in [0.717, 1.165) is 0 Å². The molecule has 0 aromatic heterocycles. The van der Waals surface area contributed by atoms with Gasteiger partial charge in [-0.25, -0.2) is 4.79 Å². The number of azo groups is 1. The quantitative estimate of drug-likeness (QED) is 0.478. The molecule has 0 saturated carbocycles. The molecule has 0 aromatic carbocycles. The first kappa shape index (κ1) is 14.4. The van der Waals surface area contributed by atoms with Crippen molar-refractivity contribution < 1.29 is 22.7 Å². The molecule has 0 bridgehead atoms. The van der Waals surface area contributed by atoms with Gasteiger partial charge in [0.1, 0.15) is 11.6 Å². The van der Waals surface area contributed by atoms with Gasteiger partial charge >= 0.3 is 5.97 Å². The van der Waals surface area contributed by atoms with Crippen LogP contribution in [0.5, 0.6) is 0 Å². The molecule has 106 valence electrons. The number of hydrogen-bond acceptors (Lipinski definition) is 7. The zero-order valence-electron chi connectivity index (χ0n) is 10.6. The first-order valence-corrected chi connectivity index (χ1v) is 6.97. The van der Waals surface area contributed by atoms with E-state index in [4.69, 9.17) is 9.15 Å². The molecular formula is C12H11N2O5S-. The van der Waals surface area contributed by atoms with Gasteiger partial charge in [-0.3, -0.25) is 4.21 Å². The molecular weight excluding hydrogens is 284 g/mol. The Morgan fingerprint density at radius 1 is 1.55 bits per heavy atom. The average Bonchev–Trinajstić information content (AvgIpc) is 2.78. The summed E-state index contributed by atoms with van der Waals surface area (Å²) >= 11 is -2.33. The Hall–Kier alpha value is -2.06. The minimum Gasteiger partial charge on any atom is -0.771 e. The number of fused-ring (bicyclic) bond motifs is 1. The van der Waals surface area contributed by atoms with Gasteiger partial charge in [0.15, 0.2) is 0 Å². The second kappa shape index (κ2) is 6.40. The van der Waals surface area contributed by atoms with Crippen LogP contribution in [0.2, 0.25) is 0 Å². The molecule has 0 saturated heterocycles. The highest BCUT2D eigenvalue weighted by Gasteiger charge is 2.22. The third kappa shape index (κ3) is 3.09. The molecule has 7 nitrogen and oxygen atoms in total. The maximum Gasteiger partial charge on any atom is 0.340 e. The number of esters is 1. The van der Waals surface area contributed by atoms with Crippen molar-refractivity contribution in [2.45, 2.75) is 6.92 Å². The lowest BCUT2D eigenvalue weighted by Gasteiger charge is -2.02. The van der Waals surface area contributed by atoms with Crippen LogP contribution in [0, 0.1) is 0 Å². The van der Waals surface area contributed by atoms with Gasteiger partial charge in [0.2, 0.25) is 0 Å². The maximum atomic E-state index is 11.9. The van der Waals surface area contributed by atoms with Crippen LogP contribution in [-0.4, -0.2) is 27.2 Å². The predicted molar refractivity (Wildman–Crippen MR) is 69.6 cm³/mol. The molecule has 1 aliphatic carbocycles. The smallest absolute Gasteiger partial charge is 0.340 e. The third-order valence-electron chi connectivity index (χ3n) is 2.46. The summed E-state index contributed by atoms with van der Waals surface area (Å²) in [5.41, 5.74) is 1.80. The summed E-state index contributed by atoms with van der Waals surface area (Å²) in [6, 6.07) is 3.19. The van der Waals surface area contributed by atoms with E-state index >= 15 is 0 Å². The molecule has 0 fully saturated rings. The molecule has 20 heavy (non-hydrogen) atoms. The topological polar surface area (TPSA) is 104 Å². The van der Waals surface area contributed by atoms with Crippen molar-refractivity contribution in [2.24, 2.45) is 10.2 Å². The maximum absolute atomic E-state index is 11.9. The Morgan fingerprint density at radius 2 is 2.35 bits per heavy atom. The highest BCUT2D eigenvalue weighted by Crippen LogP contribution is 2.39. The molecule has 2 aliphatic rings. The van der Waals surface area contributed by atoms with E-state index in [1.54, 1.807) is 19.1 Å². The van der Waals surface area contributed by atoms with Crippen molar-refractivity contribution in [1.82, 2.24) is 0 Å². The summed E-state index contributed by atoms with van der Waals surface area (Å²) in [6.45, 7) is 1.92. The van der Waals surface area contributed by atoms with E-state index in [9.17, 15) is 13.6 Å². The lowest BCUT2D eigenvalue weighted by Crippen LogP contribution is -2.03. The van der Waals surface area contributed by atoms with Gasteiger partial charge < -0.3 is 13.7 Å². The normalized spacial score (nSPS) is 12.9. The van der Waals surface area contributed by atoms with E-state index in [2.05, 4.69) is 10.2 Å². The Morgan fingerprint density at radius 3 is 3.05 bits per heavy atom. The summed E-state index contributed by atoms with van der Waals surface area (Å²) in [5, 5.41) is 7.37. The molecule has 8 heteroatoms. The third-order valence-corrected chi connectivity index (χ3v) is 2.78. The predicted octanol–water partition coefficient (Wildman–Crippen LogP) is 2.48. The first-order chi connectivity index (χ1) is 9.63. The minimum atomic E-state index is -2.33. The van der Waals surface area contributed by atoms with Crippen LogP contribution >= 0.6 is 0 Å². The van der Waals surface area contributed by atoms with E-state index in [1.165, 1.54) is 12.5 Å². The standard InChI is InChI=1S/C12H12N2O5S/c1-2-19-12(15)10-5-8-6-18-4-3-9(8)11(10)14-13-7-20(16)17/h3-6H,2,7H2,1H3,(H,16,17)/p-1. The molecule has 0 aromatic rings. The molecule has 1 atom stereocenters. The Kier molecular flexibility index (Phi) is 4.59. The van der Waals surface area contributed by atoms with Gasteiger partial charge in [-0.1, -0.05) is 0 Å². The number of rotatable bonds is 5. The van der Waals surface area contributed by atoms with E-state index < -0.39 is 22.9 Å². The summed E-state index contributed by atoms with van der Waals surface area (Å²) in [7, 11) is 0. The summed E-state index contributed by atoms with van der Waals surface area (Å²) in [5.74, 6) is -1.01. The van der Waals surface area contributed by atoms with Crippen LogP contribution in [-0.2, 0) is 15.8 Å². The Labute approximate surface area is 117 Å². The van der Waals surface area contributed by atoms with Crippen molar-refractivity contribution in [3.63, 3.8) is 0 Å². The fraction of sp³-hybridized carbons (Fsp3) is 0.250. The zero-order valence-corrected chi connectivity index (χ0v) is 11.4. The van der Waals surface area contributed by atoms with Gasteiger partial charge in [0.05, 0.1) is 24.7 Å². The number of carbonyl (C=O) groups excluding carboxylic acids is 1. The highest BCUT2D eigenvalue weighted by atomic mass is 32.2. The molecule has 2 rings (SSSR count). The first-order valence-electron chi connectivity index (χ1n) is 5.73. The fourth-order valence-corrected chi connectivity index (χ4v) is 1.85. The van der Waals surface area contributed by atoms with Crippen LogP contribution in [0.1, 0.15) is 17.3 Å². The van der Waals surface area contributed by atoms with Crippen molar-refractivity contribution in [3.05, 3.63) is 30.2 Å². The molecule has 1 aliphatic heterocycles. The van der Waals surface area contributed by atoms with E-state index in [-0.39, 0.29) is 17.9 Å². The molecule has 0 N–H and O–H groups in total. The average molecular weight is 295 g/mol. The molecule has 0 radical (unpaired) electrons. The van der Waals surface area contributed by atoms with E-state index in [0.29, 0.717) is 11.1 Å². The van der Waals surface area contributed by atoms with Gasteiger partial charge in [0.25, 0.3) is 0 Å². The number of carbonyl (C=O) groups is 1. The fourth-order valence-electron chi connectivity index (χ4n) is 1.69. The van der Waals surface area contributed by atoms with Crippen molar-refractivity contribution in [1.29, 1.82) is 0 Å². The van der Waals surface area contributed by atoms with Crippen LogP contribution in [0.25, 0.3) is 11.1 Å². The van der Waals surface area contributed by atoms with Crippen LogP contribution in [0.15, 0.2) is 39.3 Å². The number of nitrogens with zero attached hydrogens (tertiary/aromatic N) is 2. The van der Waals surface area contributed by atoms with Crippen molar-refractivity contribution in [3.8, 4) is 11.1 Å². The Balaban J connectivity index is 2.44. The van der Waals surface area contributed by atoms with Crippen molar-refractivity contribution >= 4 is 22.7 Å². The SMILES string of the molecule is CCOC(=O)c1cc2coccc-2c1N=NCS(=O)[O-]. The zero-order chi connectivity index (χ0) is 14.5. The monoisotopic (exact) mass is 295 g/mol. The summed E-state index contributed by atoms with van der Waals surface area (Å²) in [6.07, 6.45) is 2.89. The highest BCUT2D eigenvalue weighted by molar-refractivity contribution is 7.79. The van der Waals surface area contributed by atoms with Gasteiger partial charge in [-0.05, 0) is 30.1 Å². The number of ether oxygens (including phenoxy) is 1. The largest absolute Gasteiger partial charge is 0.771 e. The minimum absolute atomic E-state index is 0.226. The lowest BCUT2D eigenvalue weighted by atomic mass is 10.2.